The summed E-state index contributed by atoms with van der Waals surface area (Å²) in [5, 5.41) is 4.42. The van der Waals surface area contributed by atoms with E-state index in [1.54, 1.807) is 24.3 Å². The smallest absolute Gasteiger partial charge is 0.265 e. The summed E-state index contributed by atoms with van der Waals surface area (Å²) >= 11 is 11.9. The van der Waals surface area contributed by atoms with E-state index in [2.05, 4.69) is 5.32 Å². The summed E-state index contributed by atoms with van der Waals surface area (Å²) in [6.07, 6.45) is 0. The molecule has 4 rings (SSSR count). The minimum absolute atomic E-state index is 0.196. The molecule has 0 radical (unpaired) electrons. The van der Waals surface area contributed by atoms with Crippen LogP contribution in [-0.2, 0) is 14.8 Å². The summed E-state index contributed by atoms with van der Waals surface area (Å²) in [4.78, 5) is 12.7. The van der Waals surface area contributed by atoms with E-state index in [9.17, 15) is 13.2 Å². The summed E-state index contributed by atoms with van der Waals surface area (Å²) in [5.74, 6) is -0.528. The molecule has 6 nitrogen and oxygen atoms in total. The fourth-order valence-electron chi connectivity index (χ4n) is 3.12. The molecule has 0 aromatic heterocycles. The van der Waals surface area contributed by atoms with E-state index in [4.69, 9.17) is 28.9 Å². The maximum Gasteiger partial charge on any atom is 0.265 e. The van der Waals surface area contributed by atoms with Crippen LogP contribution in [0.1, 0.15) is 0 Å². The van der Waals surface area contributed by atoms with Crippen LogP contribution in [0.5, 0.6) is 0 Å². The Labute approximate surface area is 165 Å². The highest BCUT2D eigenvalue weighted by Crippen LogP contribution is 2.41. The number of carbonyl (C=O) groups is 1. The van der Waals surface area contributed by atoms with Crippen LogP contribution in [0.15, 0.2) is 53.4 Å². The van der Waals surface area contributed by atoms with Gasteiger partial charge in [-0.05, 0) is 29.7 Å². The molecular formula is C18H13Cl2N3O3S. The fourth-order valence-corrected chi connectivity index (χ4v) is 5.27. The van der Waals surface area contributed by atoms with Gasteiger partial charge in [-0.25, -0.2) is 8.42 Å². The molecule has 3 aromatic rings. The lowest BCUT2D eigenvalue weighted by Gasteiger charge is -2.18. The van der Waals surface area contributed by atoms with Crippen LogP contribution in [0, 0.1) is 0 Å². The Bertz CT molecular complexity index is 1180. The Morgan fingerprint density at radius 2 is 1.70 bits per heavy atom. The van der Waals surface area contributed by atoms with Crippen LogP contribution >= 0.6 is 23.2 Å². The second-order valence-electron chi connectivity index (χ2n) is 6.04. The molecule has 0 aliphatic carbocycles. The highest BCUT2D eigenvalue weighted by Gasteiger charge is 2.36. The van der Waals surface area contributed by atoms with Crippen molar-refractivity contribution in [3.05, 3.63) is 58.6 Å². The van der Waals surface area contributed by atoms with Crippen LogP contribution in [0.25, 0.3) is 10.8 Å². The van der Waals surface area contributed by atoms with Crippen molar-refractivity contribution in [2.45, 2.75) is 4.90 Å². The van der Waals surface area contributed by atoms with Crippen molar-refractivity contribution in [2.24, 2.45) is 0 Å². The number of nitrogens with zero attached hydrogens (tertiary/aromatic N) is 1. The number of sulfonamides is 1. The van der Waals surface area contributed by atoms with Gasteiger partial charge in [-0.1, -0.05) is 47.5 Å². The first kappa shape index (κ1) is 17.9. The normalized spacial score (nSPS) is 14.5. The average Bonchev–Trinajstić information content (AvgIpc) is 2.83. The van der Waals surface area contributed by atoms with E-state index in [0.717, 1.165) is 9.69 Å². The monoisotopic (exact) mass is 421 g/mol. The number of hydrogen-bond donors (Lipinski definition) is 2. The van der Waals surface area contributed by atoms with Crippen molar-refractivity contribution in [3.63, 3.8) is 0 Å². The first-order chi connectivity index (χ1) is 12.8. The standard InChI is InChI=1S/C18H13Cl2N3O3S/c19-12-7-11(8-13(20)18(12)21)22-16(24)9-23-14-5-1-3-10-4-2-6-15(17(10)14)27(23,25)26/h1-8H,9,21H2,(H,22,24). The summed E-state index contributed by atoms with van der Waals surface area (Å²) in [6.45, 7) is -0.379. The molecule has 0 saturated heterocycles. The molecule has 0 atom stereocenters. The minimum atomic E-state index is -3.81. The molecule has 0 unspecified atom stereocenters. The lowest BCUT2D eigenvalue weighted by molar-refractivity contribution is -0.114. The van der Waals surface area contributed by atoms with E-state index in [1.165, 1.54) is 12.1 Å². The van der Waals surface area contributed by atoms with Crippen LogP contribution < -0.4 is 15.4 Å². The second kappa shape index (κ2) is 6.30. The third-order valence-electron chi connectivity index (χ3n) is 4.33. The predicted octanol–water partition coefficient (Wildman–Crippen LogP) is 3.88. The number of benzene rings is 3. The Balaban J connectivity index is 1.66. The SMILES string of the molecule is Nc1c(Cl)cc(NC(=O)CN2c3cccc4cccc(c34)S2(=O)=O)cc1Cl. The molecule has 1 aliphatic heterocycles. The molecule has 0 fully saturated rings. The summed E-state index contributed by atoms with van der Waals surface area (Å²) in [6, 6.07) is 13.2. The molecule has 1 heterocycles. The quantitative estimate of drug-likeness (QED) is 0.627. The van der Waals surface area contributed by atoms with Gasteiger partial charge in [0.15, 0.2) is 0 Å². The molecule has 1 amide bonds. The van der Waals surface area contributed by atoms with E-state index in [1.807, 2.05) is 12.1 Å². The number of nitrogen functional groups attached to an aromatic ring is 1. The first-order valence-electron chi connectivity index (χ1n) is 7.88. The van der Waals surface area contributed by atoms with Crippen LogP contribution in [0.2, 0.25) is 10.0 Å². The number of anilines is 3. The number of nitrogens with one attached hydrogen (secondary N) is 1. The fraction of sp³-hybridized carbons (Fsp3) is 0.0556. The second-order valence-corrected chi connectivity index (χ2v) is 8.69. The third kappa shape index (κ3) is 2.88. The zero-order chi connectivity index (χ0) is 19.3. The average molecular weight is 422 g/mol. The largest absolute Gasteiger partial charge is 0.396 e. The summed E-state index contributed by atoms with van der Waals surface area (Å²) in [5.41, 5.74) is 6.69. The number of nitrogens with two attached hydrogens (primary N) is 1. The van der Waals surface area contributed by atoms with Gasteiger partial charge in [0, 0.05) is 11.1 Å². The maximum absolute atomic E-state index is 12.9. The third-order valence-corrected chi connectivity index (χ3v) is 6.76. The van der Waals surface area contributed by atoms with Gasteiger partial charge in [-0.2, -0.15) is 0 Å². The maximum atomic E-state index is 12.9. The van der Waals surface area contributed by atoms with Crippen molar-refractivity contribution >= 4 is 67.0 Å². The molecule has 138 valence electrons. The lowest BCUT2D eigenvalue weighted by atomic mass is 10.1. The van der Waals surface area contributed by atoms with Crippen molar-refractivity contribution < 1.29 is 13.2 Å². The number of amides is 1. The van der Waals surface area contributed by atoms with E-state index >= 15 is 0 Å². The van der Waals surface area contributed by atoms with Crippen LogP contribution in [0.4, 0.5) is 17.1 Å². The molecule has 27 heavy (non-hydrogen) atoms. The zero-order valence-corrected chi connectivity index (χ0v) is 16.1. The van der Waals surface area contributed by atoms with Gasteiger partial charge >= 0.3 is 0 Å². The van der Waals surface area contributed by atoms with Crippen LogP contribution in [0.3, 0.4) is 0 Å². The van der Waals surface area contributed by atoms with Gasteiger partial charge < -0.3 is 11.1 Å². The molecule has 1 aliphatic rings. The summed E-state index contributed by atoms with van der Waals surface area (Å²) in [7, 11) is -3.81. The predicted molar refractivity (Wildman–Crippen MR) is 108 cm³/mol. The van der Waals surface area contributed by atoms with Crippen molar-refractivity contribution in [3.8, 4) is 0 Å². The Kier molecular flexibility index (Phi) is 4.18. The first-order valence-corrected chi connectivity index (χ1v) is 10.1. The van der Waals surface area contributed by atoms with E-state index < -0.39 is 15.9 Å². The van der Waals surface area contributed by atoms with Crippen molar-refractivity contribution in [1.29, 1.82) is 0 Å². The number of hydrogen-bond acceptors (Lipinski definition) is 4. The number of halogens is 2. The highest BCUT2D eigenvalue weighted by atomic mass is 35.5. The zero-order valence-electron chi connectivity index (χ0n) is 13.7. The van der Waals surface area contributed by atoms with Gasteiger partial charge in [0.1, 0.15) is 6.54 Å². The Morgan fingerprint density at radius 3 is 2.37 bits per heavy atom. The van der Waals surface area contributed by atoms with Crippen molar-refractivity contribution in [1.82, 2.24) is 0 Å². The molecule has 9 heteroatoms. The Hall–Kier alpha value is -2.48. The topological polar surface area (TPSA) is 92.5 Å². The molecular weight excluding hydrogens is 409 g/mol. The molecule has 3 N–H and O–H groups in total. The number of carbonyl (C=O) groups excluding carboxylic acids is 1. The van der Waals surface area contributed by atoms with Crippen molar-refractivity contribution in [2.75, 3.05) is 21.9 Å². The Morgan fingerprint density at radius 1 is 1.07 bits per heavy atom. The molecule has 3 aromatic carbocycles. The van der Waals surface area contributed by atoms with Gasteiger partial charge in [0.05, 0.1) is 26.3 Å². The summed E-state index contributed by atoms with van der Waals surface area (Å²) < 4.78 is 26.9. The molecule has 0 spiro atoms. The van der Waals surface area contributed by atoms with Gasteiger partial charge in [-0.3, -0.25) is 9.10 Å². The van der Waals surface area contributed by atoms with Crippen LogP contribution in [-0.4, -0.2) is 20.9 Å². The van der Waals surface area contributed by atoms with Gasteiger partial charge in [-0.15, -0.1) is 0 Å². The van der Waals surface area contributed by atoms with Gasteiger partial charge in [0.2, 0.25) is 5.91 Å². The molecule has 0 bridgehead atoms. The minimum Gasteiger partial charge on any atom is -0.396 e. The highest BCUT2D eigenvalue weighted by molar-refractivity contribution is 7.93. The number of rotatable bonds is 3. The van der Waals surface area contributed by atoms with E-state index in [0.29, 0.717) is 16.8 Å². The van der Waals surface area contributed by atoms with E-state index in [-0.39, 0.29) is 27.2 Å². The van der Waals surface area contributed by atoms with Gasteiger partial charge in [0.25, 0.3) is 10.0 Å². The molecule has 0 saturated carbocycles. The lowest BCUT2D eigenvalue weighted by Crippen LogP contribution is -2.35.